The Balaban J connectivity index is 2.54. The third kappa shape index (κ3) is 4.07. The molecule has 0 aromatic carbocycles. The van der Waals surface area contributed by atoms with Crippen LogP contribution in [0.3, 0.4) is 0 Å². The first-order valence-electron chi connectivity index (χ1n) is 6.11. The zero-order valence-electron chi connectivity index (χ0n) is 12.1. The van der Waals surface area contributed by atoms with Gasteiger partial charge in [-0.3, -0.25) is 4.79 Å². The summed E-state index contributed by atoms with van der Waals surface area (Å²) in [7, 11) is 3.53. The lowest BCUT2D eigenvalue weighted by Gasteiger charge is -2.17. The Hall–Kier alpha value is -0.940. The summed E-state index contributed by atoms with van der Waals surface area (Å²) >= 11 is 1.68. The van der Waals surface area contributed by atoms with Crippen molar-refractivity contribution < 1.29 is 4.79 Å². The molecule has 1 N–H and O–H groups in total. The second-order valence-electron chi connectivity index (χ2n) is 5.73. The molecule has 1 rings (SSSR count). The van der Waals surface area contributed by atoms with Gasteiger partial charge >= 0.3 is 0 Å². The summed E-state index contributed by atoms with van der Waals surface area (Å²) in [6.45, 7) is 8.97. The van der Waals surface area contributed by atoms with Crippen LogP contribution in [0.25, 0.3) is 0 Å². The number of hydrogen-bond donors (Lipinski definition) is 1. The molecule has 1 heterocycles. The smallest absolute Gasteiger partial charge is 0.238 e. The standard InChI is InChI=1S/C13H23N3OS/c1-9(11(17)16(5)6)14-7-10-8-18-12(15-10)13(2,3)4/h8-9,14H,7H2,1-6H3. The average molecular weight is 269 g/mol. The van der Waals surface area contributed by atoms with Gasteiger partial charge in [0.1, 0.15) is 0 Å². The predicted molar refractivity (Wildman–Crippen MR) is 75.8 cm³/mol. The Morgan fingerprint density at radius 1 is 1.50 bits per heavy atom. The first-order chi connectivity index (χ1) is 8.21. The summed E-state index contributed by atoms with van der Waals surface area (Å²) in [5, 5.41) is 6.38. The Bertz CT molecular complexity index is 407. The maximum Gasteiger partial charge on any atom is 0.238 e. The molecule has 0 aliphatic rings. The molecule has 1 aromatic rings. The van der Waals surface area contributed by atoms with Gasteiger partial charge < -0.3 is 10.2 Å². The van der Waals surface area contributed by atoms with Gasteiger partial charge in [0.05, 0.1) is 16.7 Å². The number of nitrogens with zero attached hydrogens (tertiary/aromatic N) is 2. The molecule has 1 unspecified atom stereocenters. The van der Waals surface area contributed by atoms with Gasteiger partial charge in [-0.1, -0.05) is 20.8 Å². The summed E-state index contributed by atoms with van der Waals surface area (Å²) < 4.78 is 0. The van der Waals surface area contributed by atoms with Crippen molar-refractivity contribution in [3.63, 3.8) is 0 Å². The highest BCUT2D eigenvalue weighted by Gasteiger charge is 2.19. The molecule has 0 saturated heterocycles. The second-order valence-corrected chi connectivity index (χ2v) is 6.59. The van der Waals surface area contributed by atoms with E-state index in [0.717, 1.165) is 10.7 Å². The molecular weight excluding hydrogens is 246 g/mol. The van der Waals surface area contributed by atoms with E-state index < -0.39 is 0 Å². The molecule has 0 saturated carbocycles. The van der Waals surface area contributed by atoms with Gasteiger partial charge in [-0.2, -0.15) is 0 Å². The summed E-state index contributed by atoms with van der Waals surface area (Å²) in [5.41, 5.74) is 1.09. The van der Waals surface area contributed by atoms with E-state index in [1.165, 1.54) is 0 Å². The quantitative estimate of drug-likeness (QED) is 0.909. The lowest BCUT2D eigenvalue weighted by molar-refractivity contribution is -0.130. The van der Waals surface area contributed by atoms with E-state index in [2.05, 4.69) is 36.5 Å². The lowest BCUT2D eigenvalue weighted by Crippen LogP contribution is -2.41. The van der Waals surface area contributed by atoms with Crippen molar-refractivity contribution in [2.75, 3.05) is 14.1 Å². The van der Waals surface area contributed by atoms with Gasteiger partial charge in [0.15, 0.2) is 0 Å². The Morgan fingerprint density at radius 3 is 2.56 bits per heavy atom. The largest absolute Gasteiger partial charge is 0.347 e. The van der Waals surface area contributed by atoms with Crippen LogP contribution >= 0.6 is 11.3 Å². The summed E-state index contributed by atoms with van der Waals surface area (Å²) in [4.78, 5) is 17.9. The van der Waals surface area contributed by atoms with Crippen molar-refractivity contribution in [2.45, 2.75) is 45.7 Å². The van der Waals surface area contributed by atoms with Crippen LogP contribution in [0.15, 0.2) is 5.38 Å². The van der Waals surface area contributed by atoms with Crippen LogP contribution in [0.2, 0.25) is 0 Å². The second kappa shape index (κ2) is 5.80. The molecule has 0 aliphatic carbocycles. The minimum atomic E-state index is -0.181. The van der Waals surface area contributed by atoms with Gasteiger partial charge in [-0.15, -0.1) is 11.3 Å². The van der Waals surface area contributed by atoms with E-state index >= 15 is 0 Å². The maximum absolute atomic E-state index is 11.7. The monoisotopic (exact) mass is 269 g/mol. The molecule has 0 aliphatic heterocycles. The third-order valence-corrected chi connectivity index (χ3v) is 3.91. The molecule has 4 nitrogen and oxygen atoms in total. The maximum atomic E-state index is 11.7. The lowest BCUT2D eigenvalue weighted by atomic mass is 9.98. The fraction of sp³-hybridized carbons (Fsp3) is 0.692. The Morgan fingerprint density at radius 2 is 2.11 bits per heavy atom. The fourth-order valence-electron chi connectivity index (χ4n) is 1.46. The fourth-order valence-corrected chi connectivity index (χ4v) is 2.37. The number of nitrogens with one attached hydrogen (secondary N) is 1. The topological polar surface area (TPSA) is 45.2 Å². The van der Waals surface area contributed by atoms with Crippen LogP contribution in [0.1, 0.15) is 38.4 Å². The number of carbonyl (C=O) groups is 1. The number of thiazole rings is 1. The zero-order chi connectivity index (χ0) is 13.9. The molecule has 0 radical (unpaired) electrons. The van der Waals surface area contributed by atoms with Crippen LogP contribution in [-0.2, 0) is 16.8 Å². The summed E-state index contributed by atoms with van der Waals surface area (Å²) in [5.74, 6) is 0.0845. The van der Waals surface area contributed by atoms with Crippen LogP contribution in [-0.4, -0.2) is 35.9 Å². The molecule has 1 atom stereocenters. The van der Waals surface area contributed by atoms with Gasteiger partial charge in [-0.25, -0.2) is 4.98 Å². The highest BCUT2D eigenvalue weighted by Crippen LogP contribution is 2.25. The van der Waals surface area contributed by atoms with Crippen molar-refractivity contribution in [1.82, 2.24) is 15.2 Å². The number of likely N-dealkylation sites (N-methyl/N-ethyl adjacent to an activating group) is 1. The van der Waals surface area contributed by atoms with E-state index in [-0.39, 0.29) is 17.4 Å². The zero-order valence-corrected chi connectivity index (χ0v) is 12.9. The van der Waals surface area contributed by atoms with Gasteiger partial charge in [0, 0.05) is 31.4 Å². The molecule has 102 valence electrons. The van der Waals surface area contributed by atoms with E-state index in [0.29, 0.717) is 6.54 Å². The number of aromatic nitrogens is 1. The summed E-state index contributed by atoms with van der Waals surface area (Å²) in [6.07, 6.45) is 0. The third-order valence-electron chi connectivity index (χ3n) is 2.59. The van der Waals surface area contributed by atoms with Gasteiger partial charge in [0.2, 0.25) is 5.91 Å². The first kappa shape index (κ1) is 15.1. The normalized spacial score (nSPS) is 13.4. The Kier molecular flexibility index (Phi) is 4.87. The van der Waals surface area contributed by atoms with Crippen molar-refractivity contribution in [1.29, 1.82) is 0 Å². The van der Waals surface area contributed by atoms with Crippen LogP contribution in [0.5, 0.6) is 0 Å². The average Bonchev–Trinajstić information content (AvgIpc) is 2.72. The molecule has 18 heavy (non-hydrogen) atoms. The number of carbonyl (C=O) groups excluding carboxylic acids is 1. The highest BCUT2D eigenvalue weighted by molar-refractivity contribution is 7.09. The van der Waals surface area contributed by atoms with Gasteiger partial charge in [0.25, 0.3) is 0 Å². The van der Waals surface area contributed by atoms with E-state index in [1.807, 2.05) is 6.92 Å². The number of amides is 1. The molecule has 5 heteroatoms. The van der Waals surface area contributed by atoms with E-state index in [1.54, 1.807) is 30.3 Å². The van der Waals surface area contributed by atoms with Crippen LogP contribution < -0.4 is 5.32 Å². The molecule has 1 amide bonds. The molecule has 1 aromatic heterocycles. The van der Waals surface area contributed by atoms with E-state index in [4.69, 9.17) is 0 Å². The number of hydrogen-bond acceptors (Lipinski definition) is 4. The molecular formula is C13H23N3OS. The molecule has 0 spiro atoms. The van der Waals surface area contributed by atoms with E-state index in [9.17, 15) is 4.79 Å². The molecule has 0 bridgehead atoms. The van der Waals surface area contributed by atoms with Gasteiger partial charge in [-0.05, 0) is 6.92 Å². The minimum Gasteiger partial charge on any atom is -0.347 e. The van der Waals surface area contributed by atoms with Crippen molar-refractivity contribution in [3.05, 3.63) is 16.1 Å². The van der Waals surface area contributed by atoms with Crippen LogP contribution in [0.4, 0.5) is 0 Å². The highest BCUT2D eigenvalue weighted by atomic mass is 32.1. The predicted octanol–water partition coefficient (Wildman–Crippen LogP) is 2.01. The van der Waals surface area contributed by atoms with Crippen LogP contribution in [0, 0.1) is 0 Å². The molecule has 0 fully saturated rings. The van der Waals surface area contributed by atoms with Crippen molar-refractivity contribution in [3.8, 4) is 0 Å². The van der Waals surface area contributed by atoms with Crippen molar-refractivity contribution in [2.24, 2.45) is 0 Å². The first-order valence-corrected chi connectivity index (χ1v) is 6.99. The SMILES string of the molecule is CC(NCc1csc(C(C)(C)C)n1)C(=O)N(C)C. The Labute approximate surface area is 113 Å². The number of rotatable bonds is 4. The minimum absolute atomic E-state index is 0.0845. The summed E-state index contributed by atoms with van der Waals surface area (Å²) in [6, 6.07) is -0.181. The van der Waals surface area contributed by atoms with Crippen molar-refractivity contribution >= 4 is 17.2 Å².